The molecule has 0 aliphatic carbocycles. The summed E-state index contributed by atoms with van der Waals surface area (Å²) in [7, 11) is 0. The summed E-state index contributed by atoms with van der Waals surface area (Å²) in [5.74, 6) is 0.851. The monoisotopic (exact) mass is 489 g/mol. The fourth-order valence-electron chi connectivity index (χ4n) is 4.95. The van der Waals surface area contributed by atoms with Crippen LogP contribution in [0.15, 0.2) is 60.8 Å². The molecule has 3 aromatic rings. The summed E-state index contributed by atoms with van der Waals surface area (Å²) in [6.45, 7) is 3.02. The molecule has 0 radical (unpaired) electrons. The van der Waals surface area contributed by atoms with E-state index in [0.29, 0.717) is 46.7 Å². The van der Waals surface area contributed by atoms with Crippen molar-refractivity contribution in [2.45, 2.75) is 25.8 Å². The molecule has 0 unspecified atom stereocenters. The number of nitrogen functional groups attached to an aromatic ring is 1. The first-order valence-corrected chi connectivity index (χ1v) is 12.3. The summed E-state index contributed by atoms with van der Waals surface area (Å²) in [4.78, 5) is 33.8. The van der Waals surface area contributed by atoms with Crippen molar-refractivity contribution >= 4 is 40.6 Å². The zero-order valence-corrected chi connectivity index (χ0v) is 20.2. The number of carbonyl (C=O) groups excluding carboxylic acids is 2. The van der Waals surface area contributed by atoms with Gasteiger partial charge in [0.1, 0.15) is 5.82 Å². The number of halogens is 1. The molecule has 7 nitrogen and oxygen atoms in total. The van der Waals surface area contributed by atoms with Crippen molar-refractivity contribution < 1.29 is 9.59 Å². The predicted octanol–water partition coefficient (Wildman–Crippen LogP) is 4.51. The first-order chi connectivity index (χ1) is 17.0. The average molecular weight is 490 g/mol. The Hall–Kier alpha value is -3.58. The fraction of sp³-hybridized carbons (Fsp3) is 0.296. The van der Waals surface area contributed by atoms with Gasteiger partial charge in [-0.2, -0.15) is 0 Å². The lowest BCUT2D eigenvalue weighted by atomic mass is 9.93. The third kappa shape index (κ3) is 4.95. The molecule has 5 rings (SSSR count). The van der Waals surface area contributed by atoms with Crippen LogP contribution in [-0.2, 0) is 6.54 Å². The number of fused-ring (bicyclic) bond motifs is 1. The molecule has 0 saturated carbocycles. The summed E-state index contributed by atoms with van der Waals surface area (Å²) in [6, 6.07) is 16.6. The van der Waals surface area contributed by atoms with Crippen molar-refractivity contribution in [3.8, 4) is 0 Å². The standard InChI is InChI=1S/C27H28ClN5O2/c28-23-6-2-4-20-17-33(27(35)25(20)23)22-5-1-3-19(15-22)26(34)31-11-7-18-9-13-32(14-10-18)21-8-12-30-24(29)16-21/h1-6,8,12,15-16,18H,7,9-11,13-14,17H2,(H2,29,30)(H,31,34). The Morgan fingerprint density at radius 1 is 1.09 bits per heavy atom. The van der Waals surface area contributed by atoms with Crippen LogP contribution < -0.4 is 20.9 Å². The minimum Gasteiger partial charge on any atom is -0.384 e. The van der Waals surface area contributed by atoms with E-state index in [9.17, 15) is 9.59 Å². The van der Waals surface area contributed by atoms with E-state index in [1.165, 1.54) is 0 Å². The minimum absolute atomic E-state index is 0.126. The number of pyridine rings is 1. The predicted molar refractivity (Wildman–Crippen MR) is 139 cm³/mol. The molecule has 1 saturated heterocycles. The number of nitrogens with two attached hydrogens (primary N) is 1. The molecule has 2 aromatic carbocycles. The van der Waals surface area contributed by atoms with Crippen LogP contribution in [0.3, 0.4) is 0 Å². The number of aromatic nitrogens is 1. The number of hydrogen-bond acceptors (Lipinski definition) is 5. The summed E-state index contributed by atoms with van der Waals surface area (Å²) in [6.07, 6.45) is 4.84. The van der Waals surface area contributed by atoms with E-state index in [0.717, 1.165) is 43.6 Å². The van der Waals surface area contributed by atoms with Crippen molar-refractivity contribution in [3.05, 3.63) is 82.5 Å². The Bertz CT molecular complexity index is 1260. The van der Waals surface area contributed by atoms with Crippen LogP contribution in [0.1, 0.15) is 45.5 Å². The minimum atomic E-state index is -0.135. The molecule has 3 heterocycles. The van der Waals surface area contributed by atoms with Crippen LogP contribution in [0.5, 0.6) is 0 Å². The maximum Gasteiger partial charge on any atom is 0.260 e. The van der Waals surface area contributed by atoms with Gasteiger partial charge in [0.25, 0.3) is 11.8 Å². The highest BCUT2D eigenvalue weighted by Gasteiger charge is 2.30. The number of amides is 2. The molecule has 35 heavy (non-hydrogen) atoms. The molecule has 2 aliphatic heterocycles. The van der Waals surface area contributed by atoms with E-state index in [1.54, 1.807) is 29.3 Å². The van der Waals surface area contributed by atoms with Crippen LogP contribution in [-0.4, -0.2) is 36.4 Å². The lowest BCUT2D eigenvalue weighted by Crippen LogP contribution is -2.35. The maximum absolute atomic E-state index is 12.9. The summed E-state index contributed by atoms with van der Waals surface area (Å²) >= 11 is 6.24. The highest BCUT2D eigenvalue weighted by Crippen LogP contribution is 2.33. The van der Waals surface area contributed by atoms with Gasteiger partial charge in [0.05, 0.1) is 17.1 Å². The molecule has 3 N–H and O–H groups in total. The van der Waals surface area contributed by atoms with Crippen molar-refractivity contribution in [3.63, 3.8) is 0 Å². The van der Waals surface area contributed by atoms with Gasteiger partial charge >= 0.3 is 0 Å². The fourth-order valence-corrected chi connectivity index (χ4v) is 5.22. The van der Waals surface area contributed by atoms with Crippen LogP contribution in [0, 0.1) is 5.92 Å². The Balaban J connectivity index is 1.13. The number of carbonyl (C=O) groups is 2. The summed E-state index contributed by atoms with van der Waals surface area (Å²) in [5, 5.41) is 3.51. The van der Waals surface area contributed by atoms with Crippen LogP contribution >= 0.6 is 11.6 Å². The summed E-state index contributed by atoms with van der Waals surface area (Å²) in [5.41, 5.74) is 9.61. The van der Waals surface area contributed by atoms with Gasteiger partial charge in [-0.25, -0.2) is 4.98 Å². The first kappa shape index (κ1) is 23.2. The van der Waals surface area contributed by atoms with Gasteiger partial charge in [-0.15, -0.1) is 0 Å². The lowest BCUT2D eigenvalue weighted by molar-refractivity contribution is 0.0948. The van der Waals surface area contributed by atoms with E-state index in [1.807, 2.05) is 36.4 Å². The molecule has 2 aliphatic rings. The van der Waals surface area contributed by atoms with Gasteiger partial charge in [0.15, 0.2) is 0 Å². The first-order valence-electron chi connectivity index (χ1n) is 11.9. The van der Waals surface area contributed by atoms with Gasteiger partial charge in [-0.1, -0.05) is 29.8 Å². The summed E-state index contributed by atoms with van der Waals surface area (Å²) < 4.78 is 0. The quantitative estimate of drug-likeness (QED) is 0.531. The SMILES string of the molecule is Nc1cc(N2CCC(CCNC(=O)c3cccc(N4Cc5cccc(Cl)c5C4=O)c3)CC2)ccn1. The van der Waals surface area contributed by atoms with E-state index in [-0.39, 0.29) is 11.8 Å². The van der Waals surface area contributed by atoms with Crippen LogP contribution in [0.4, 0.5) is 17.2 Å². The maximum atomic E-state index is 12.9. The largest absolute Gasteiger partial charge is 0.384 e. The van der Waals surface area contributed by atoms with Gasteiger partial charge in [-0.05, 0) is 61.1 Å². The molecule has 0 atom stereocenters. The number of piperidine rings is 1. The number of benzene rings is 2. The molecule has 1 aromatic heterocycles. The zero-order chi connectivity index (χ0) is 24.4. The molecule has 0 bridgehead atoms. The normalized spacial score (nSPS) is 15.9. The van der Waals surface area contributed by atoms with Crippen LogP contribution in [0.2, 0.25) is 5.02 Å². The van der Waals surface area contributed by atoms with Gasteiger partial charge in [0, 0.05) is 48.8 Å². The van der Waals surface area contributed by atoms with Gasteiger partial charge in [0.2, 0.25) is 0 Å². The molecule has 180 valence electrons. The Kier molecular flexibility index (Phi) is 6.59. The van der Waals surface area contributed by atoms with E-state index < -0.39 is 0 Å². The highest BCUT2D eigenvalue weighted by molar-refractivity contribution is 6.35. The molecular formula is C27H28ClN5O2. The van der Waals surface area contributed by atoms with E-state index in [4.69, 9.17) is 17.3 Å². The third-order valence-electron chi connectivity index (χ3n) is 6.89. The Morgan fingerprint density at radius 2 is 1.89 bits per heavy atom. The van der Waals surface area contributed by atoms with Crippen molar-refractivity contribution in [2.24, 2.45) is 5.92 Å². The van der Waals surface area contributed by atoms with Crippen LogP contribution in [0.25, 0.3) is 0 Å². The Morgan fingerprint density at radius 3 is 2.66 bits per heavy atom. The average Bonchev–Trinajstić information content (AvgIpc) is 3.22. The second kappa shape index (κ2) is 9.96. The zero-order valence-electron chi connectivity index (χ0n) is 19.4. The second-order valence-corrected chi connectivity index (χ2v) is 9.54. The smallest absolute Gasteiger partial charge is 0.260 e. The van der Waals surface area contributed by atoms with Gasteiger partial charge in [-0.3, -0.25) is 9.59 Å². The van der Waals surface area contributed by atoms with Crippen molar-refractivity contribution in [2.75, 3.05) is 35.2 Å². The highest BCUT2D eigenvalue weighted by atomic mass is 35.5. The van der Waals surface area contributed by atoms with Gasteiger partial charge < -0.3 is 20.9 Å². The lowest BCUT2D eigenvalue weighted by Gasteiger charge is -2.33. The molecule has 2 amide bonds. The second-order valence-electron chi connectivity index (χ2n) is 9.13. The number of rotatable bonds is 6. The number of nitrogens with one attached hydrogen (secondary N) is 1. The molecular weight excluding hydrogens is 462 g/mol. The van der Waals surface area contributed by atoms with E-state index >= 15 is 0 Å². The number of anilines is 3. The van der Waals surface area contributed by atoms with Crippen molar-refractivity contribution in [1.29, 1.82) is 0 Å². The van der Waals surface area contributed by atoms with E-state index in [2.05, 4.69) is 15.2 Å². The Labute approximate surface area is 209 Å². The molecule has 8 heteroatoms. The third-order valence-corrected chi connectivity index (χ3v) is 7.20. The number of hydrogen-bond donors (Lipinski definition) is 2. The van der Waals surface area contributed by atoms with Crippen molar-refractivity contribution in [1.82, 2.24) is 10.3 Å². The molecule has 1 fully saturated rings. The molecule has 0 spiro atoms. The number of nitrogens with zero attached hydrogens (tertiary/aromatic N) is 3. The topological polar surface area (TPSA) is 91.6 Å².